The molecule has 6 nitrogen and oxygen atoms in total. The third kappa shape index (κ3) is 5.39. The van der Waals surface area contributed by atoms with Gasteiger partial charge in [0.15, 0.2) is 0 Å². The van der Waals surface area contributed by atoms with Crippen LogP contribution in [-0.2, 0) is 31.8 Å². The molecule has 0 fully saturated rings. The predicted octanol–water partition coefficient (Wildman–Crippen LogP) is 14.1. The van der Waals surface area contributed by atoms with E-state index in [2.05, 4.69) is 194 Å². The minimum absolute atomic E-state index is 0.0388. The Morgan fingerprint density at radius 3 is 2.08 bits per heavy atom. The molecule has 7 aromatic carbocycles. The van der Waals surface area contributed by atoms with Crippen molar-refractivity contribution in [3.05, 3.63) is 172 Å². The topological polar surface area (TPSA) is 41.3 Å². The van der Waals surface area contributed by atoms with Crippen LogP contribution in [0.3, 0.4) is 0 Å². The molecule has 0 atom stereocenters. The van der Waals surface area contributed by atoms with Crippen LogP contribution in [0, 0.1) is 17.6 Å². The van der Waals surface area contributed by atoms with Crippen LogP contribution in [0.25, 0.3) is 93.6 Å². The fourth-order valence-corrected chi connectivity index (χ4v) is 10.5. The van der Waals surface area contributed by atoms with Crippen molar-refractivity contribution in [1.82, 2.24) is 23.1 Å². The molecule has 5 heterocycles. The van der Waals surface area contributed by atoms with E-state index in [1.165, 1.54) is 27.2 Å². The summed E-state index contributed by atoms with van der Waals surface area (Å²) in [6.45, 7) is 6.17. The van der Waals surface area contributed by atoms with E-state index >= 15 is 0 Å². The molecule has 7 heteroatoms. The summed E-state index contributed by atoms with van der Waals surface area (Å²) in [4.78, 5) is 5.12. The normalized spacial score (nSPS) is 13.4. The van der Waals surface area contributed by atoms with Crippen LogP contribution in [0.4, 0.5) is 0 Å². The molecule has 0 bridgehead atoms. The first-order valence-electron chi connectivity index (χ1n) is 22.4. The quantitative estimate of drug-likeness (QED) is 0.172. The molecule has 0 unspecified atom stereocenters. The Morgan fingerprint density at radius 2 is 1.29 bits per heavy atom. The number of hydrogen-bond donors (Lipinski definition) is 0. The van der Waals surface area contributed by atoms with Crippen molar-refractivity contribution < 1.29 is 28.2 Å². The minimum atomic E-state index is -2.41. The Labute approximate surface area is 373 Å². The van der Waals surface area contributed by atoms with Crippen LogP contribution < -0.4 is 4.74 Å². The number of ether oxygens (including phenoxy) is 1. The van der Waals surface area contributed by atoms with Crippen LogP contribution in [0.5, 0.6) is 11.5 Å². The SMILES string of the molecule is [2H]C([2H])([2H])c1cc(-n2c3cc(Oc4cc(-n5[c](=[Pt])n(C)c6ccccc65)ccc4C)ccc3c3cc4c5cccc6c7ccccc7n(c4cc32)c65)ncc1-c1ccc(C(C)(C)C)cc1. The molecule has 62 heavy (non-hydrogen) atoms. The summed E-state index contributed by atoms with van der Waals surface area (Å²) in [6.07, 6.45) is 1.73. The van der Waals surface area contributed by atoms with Crippen molar-refractivity contribution in [3.8, 4) is 34.1 Å². The molecule has 5 aromatic heterocycles. The van der Waals surface area contributed by atoms with Gasteiger partial charge in [-0.2, -0.15) is 0 Å². The van der Waals surface area contributed by atoms with Gasteiger partial charge in [0.2, 0.25) is 0 Å². The van der Waals surface area contributed by atoms with Gasteiger partial charge < -0.3 is 4.40 Å². The van der Waals surface area contributed by atoms with Crippen molar-refractivity contribution in [2.75, 3.05) is 0 Å². The van der Waals surface area contributed by atoms with E-state index in [0.717, 1.165) is 75.6 Å². The predicted molar refractivity (Wildman–Crippen MR) is 252 cm³/mol. The average molecular weight is 988 g/mol. The second-order valence-electron chi connectivity index (χ2n) is 17.5. The van der Waals surface area contributed by atoms with Crippen LogP contribution in [0.1, 0.15) is 41.6 Å². The summed E-state index contributed by atoms with van der Waals surface area (Å²) in [5, 5.41) is 6.82. The van der Waals surface area contributed by atoms with Crippen molar-refractivity contribution in [2.24, 2.45) is 7.05 Å². The van der Waals surface area contributed by atoms with Crippen molar-refractivity contribution in [2.45, 2.75) is 40.0 Å². The zero-order valence-electron chi connectivity index (χ0n) is 37.9. The van der Waals surface area contributed by atoms with Gasteiger partial charge in [0, 0.05) is 37.4 Å². The van der Waals surface area contributed by atoms with Gasteiger partial charge >= 0.3 is 201 Å². The maximum atomic E-state index is 8.84. The molecule has 12 aromatic rings. The molecule has 0 saturated carbocycles. The first-order valence-corrected chi connectivity index (χ1v) is 22.1. The molecule has 12 rings (SSSR count). The molecule has 0 saturated heterocycles. The number of imidazole rings is 1. The van der Waals surface area contributed by atoms with Gasteiger partial charge in [-0.15, -0.1) is 0 Å². The van der Waals surface area contributed by atoms with Crippen molar-refractivity contribution >= 4 is 70.9 Å². The molecule has 0 amide bonds. The fraction of sp³-hybridized carbons (Fsp3) is 0.127. The zero-order chi connectivity index (χ0) is 44.7. The van der Waals surface area contributed by atoms with Gasteiger partial charge in [0.05, 0.1) is 16.6 Å². The standard InChI is InChI=1S/C55H43N5O.Pt/c1-33-18-23-37(58-32-57(6)47-16-9-10-17-48(47)58)27-52(33)61-38-24-25-40-43-29-44-42-14-11-13-41-39-12-7-8-15-46(39)60(54(41)42)51(44)30-50(43)59(49(40)28-38)53-26-34(2)45(31-56-53)35-19-21-36(22-20-35)55(3,4)5;/h7-31H,1-6H3;/i2D3;. The minimum Gasteiger partial charge on any atom is -0.0579 e. The molecule has 0 aliphatic heterocycles. The smallest absolute Gasteiger partial charge is 0.0579 e. The Balaban J connectivity index is 1.09. The molecular weight excluding hydrogens is 942 g/mol. The third-order valence-corrected chi connectivity index (χ3v) is 14.1. The molecule has 0 aliphatic carbocycles. The molecule has 0 N–H and O–H groups in total. The fourth-order valence-electron chi connectivity index (χ4n) is 9.65. The number of aryl methyl sites for hydroxylation is 3. The Morgan fingerprint density at radius 1 is 0.597 bits per heavy atom. The first kappa shape index (κ1) is 33.9. The Hall–Kier alpha value is -6.75. The summed E-state index contributed by atoms with van der Waals surface area (Å²) in [6, 6.07) is 50.6. The third-order valence-electron chi connectivity index (χ3n) is 12.8. The number of fused-ring (bicyclic) bond motifs is 10. The summed E-state index contributed by atoms with van der Waals surface area (Å²) in [5.74, 6) is 1.91. The number of rotatable bonds is 5. The van der Waals surface area contributed by atoms with Crippen molar-refractivity contribution in [1.29, 1.82) is 0 Å². The summed E-state index contributed by atoms with van der Waals surface area (Å²) in [5.41, 5.74) is 12.2. The summed E-state index contributed by atoms with van der Waals surface area (Å²) >= 11 is 2.38. The zero-order valence-corrected chi connectivity index (χ0v) is 37.2. The molecule has 304 valence electrons. The van der Waals surface area contributed by atoms with Gasteiger partial charge in [0.1, 0.15) is 0 Å². The van der Waals surface area contributed by atoms with Crippen LogP contribution in [0.15, 0.2) is 152 Å². The van der Waals surface area contributed by atoms with Gasteiger partial charge in [0.25, 0.3) is 0 Å². The second kappa shape index (κ2) is 13.4. The van der Waals surface area contributed by atoms with Gasteiger partial charge in [-0.05, 0) is 35.0 Å². The first-order chi connectivity index (χ1) is 31.2. The molecule has 0 radical (unpaired) electrons. The van der Waals surface area contributed by atoms with Gasteiger partial charge in [-0.25, -0.2) is 0 Å². The summed E-state index contributed by atoms with van der Waals surface area (Å²) < 4.78 is 43.4. The molecule has 0 spiro atoms. The number of para-hydroxylation sites is 4. The van der Waals surface area contributed by atoms with E-state index in [1.54, 1.807) is 12.3 Å². The monoisotopic (exact) mass is 987 g/mol. The molecular formula is C55H43N5OPt. The van der Waals surface area contributed by atoms with E-state index < -0.39 is 6.85 Å². The number of nitrogens with zero attached hydrogens (tertiary/aromatic N) is 5. The Bertz CT molecular complexity index is 3990. The average Bonchev–Trinajstić information content (AvgIpc) is 3.99. The van der Waals surface area contributed by atoms with Gasteiger partial charge in [-0.3, -0.25) is 0 Å². The number of hydrogen-bond acceptors (Lipinski definition) is 2. The van der Waals surface area contributed by atoms with E-state index in [1.807, 2.05) is 18.2 Å². The van der Waals surface area contributed by atoms with E-state index in [9.17, 15) is 0 Å². The van der Waals surface area contributed by atoms with Gasteiger partial charge in [-0.1, -0.05) is 81.4 Å². The number of pyridine rings is 1. The van der Waals surface area contributed by atoms with E-state index in [4.69, 9.17) is 13.8 Å². The van der Waals surface area contributed by atoms with E-state index in [0.29, 0.717) is 17.1 Å². The molecule has 0 aliphatic rings. The summed E-state index contributed by atoms with van der Waals surface area (Å²) in [7, 11) is 2.09. The van der Waals surface area contributed by atoms with Crippen LogP contribution >= 0.6 is 0 Å². The maximum absolute atomic E-state index is 8.84. The number of aromatic nitrogens is 5. The van der Waals surface area contributed by atoms with Crippen LogP contribution in [0.2, 0.25) is 0 Å². The Kier molecular flexibility index (Phi) is 7.31. The number of benzene rings is 7. The van der Waals surface area contributed by atoms with Crippen LogP contribution in [-0.4, -0.2) is 23.1 Å². The van der Waals surface area contributed by atoms with Crippen molar-refractivity contribution in [3.63, 3.8) is 0 Å². The second-order valence-corrected chi connectivity index (χ2v) is 18.6. The van der Waals surface area contributed by atoms with E-state index in [-0.39, 0.29) is 11.0 Å².